The molecule has 17 nitrogen and oxygen atoms in total. The number of nitrogens with one attached hydrogen (secondary N) is 5. The Labute approximate surface area is 545 Å². The molecule has 1 fully saturated rings. The second kappa shape index (κ2) is 35.6. The fraction of sp³-hybridized carbons (Fsp3) is 0.549. The van der Waals surface area contributed by atoms with Crippen LogP contribution in [0.1, 0.15) is 139 Å². The molecule has 2 atom stereocenters. The number of aliphatic hydroxyl groups is 2. The summed E-state index contributed by atoms with van der Waals surface area (Å²) in [5, 5.41) is 47.4. The molecule has 0 bridgehead atoms. The molecule has 3 aromatic heterocycles. The molecule has 2 aromatic carbocycles. The molecule has 0 spiro atoms. The molecule has 5 heterocycles. The standard InChI is InChI=1S/C71H102Cl2N12O5/c1-51-20-24-57(25-21-51)52(2)44-65(87)83-37-30-71(88,31-38-83)46-64-68(78-50-74-6)70(82(7)80-64)58-26-22-56(23-27-58)47-75-32-17-33-76-53(3)19-14-12-16-41-90-43-42-89-40-15-11-9-8-10-13-18-54(4)77-34-39-85-36-29-63(81-85)59-45-61(72)67(73)69-66(59)60-48-84(55(5)49-86)35-28-62(60)79-69/h20,22-27,29,36,45,50-52,75-77,79,86,88H,3-5,8-19,21,28,30-35,37-44,46-49H2,1-2,6-7H3,(H,74,78). The van der Waals surface area contributed by atoms with Crippen molar-refractivity contribution in [2.45, 2.75) is 155 Å². The number of hydrogen-bond acceptors (Lipinski definition) is 12. The van der Waals surface area contributed by atoms with E-state index in [4.69, 9.17) is 42.9 Å². The van der Waals surface area contributed by atoms with E-state index in [1.165, 1.54) is 36.8 Å². The minimum Gasteiger partial charge on any atom is -0.390 e. The number of benzene rings is 2. The minimum absolute atomic E-state index is 0.0730. The Hall–Kier alpha value is -6.18. The van der Waals surface area contributed by atoms with Crippen LogP contribution >= 0.6 is 23.2 Å². The quantitative estimate of drug-likeness (QED) is 0.0112. The first kappa shape index (κ1) is 69.7. The van der Waals surface area contributed by atoms with Crippen molar-refractivity contribution >= 4 is 52.0 Å². The van der Waals surface area contributed by atoms with E-state index >= 15 is 0 Å². The summed E-state index contributed by atoms with van der Waals surface area (Å²) in [5.74, 6) is 0.886. The average Bonchev–Trinajstić information content (AvgIpc) is 1.62. The molecule has 0 saturated carbocycles. The summed E-state index contributed by atoms with van der Waals surface area (Å²) in [6.07, 6.45) is 27.3. The Balaban J connectivity index is 0.590. The summed E-state index contributed by atoms with van der Waals surface area (Å²) < 4.78 is 15.5. The van der Waals surface area contributed by atoms with Gasteiger partial charge >= 0.3 is 0 Å². The molecule has 0 radical (unpaired) electrons. The van der Waals surface area contributed by atoms with Crippen LogP contribution in [0.4, 0.5) is 5.69 Å². The number of aliphatic hydroxyl groups excluding tert-OH is 1. The van der Waals surface area contributed by atoms with E-state index in [1.54, 1.807) is 13.4 Å². The zero-order valence-electron chi connectivity index (χ0n) is 54.3. The Morgan fingerprint density at radius 2 is 1.58 bits per heavy atom. The summed E-state index contributed by atoms with van der Waals surface area (Å²) in [6.45, 7) is 26.2. The van der Waals surface area contributed by atoms with Crippen molar-refractivity contribution in [3.8, 4) is 22.5 Å². The number of ether oxygens (including phenoxy) is 2. The van der Waals surface area contributed by atoms with Crippen LogP contribution in [0.3, 0.4) is 0 Å². The maximum atomic E-state index is 13.3. The number of likely N-dealkylation sites (tertiary alicyclic amines) is 1. The predicted molar refractivity (Wildman–Crippen MR) is 369 cm³/mol. The maximum Gasteiger partial charge on any atom is 0.223 e. The molecule has 7 N–H and O–H groups in total. The molecule has 490 valence electrons. The number of nitrogens with zero attached hydrogens (tertiary/aromatic N) is 7. The van der Waals surface area contributed by atoms with Crippen molar-refractivity contribution in [2.24, 2.45) is 23.9 Å². The molecule has 8 rings (SSSR count). The molecule has 2 unspecified atom stereocenters. The average molecular weight is 1270 g/mol. The molecule has 2 aliphatic heterocycles. The van der Waals surface area contributed by atoms with Gasteiger partial charge in [-0.2, -0.15) is 10.2 Å². The van der Waals surface area contributed by atoms with Gasteiger partial charge in [0.05, 0.1) is 76.6 Å². The number of amides is 1. The number of carbonyl (C=O) groups excluding carboxylic acids is 1. The van der Waals surface area contributed by atoms with Gasteiger partial charge in [-0.3, -0.25) is 19.2 Å². The summed E-state index contributed by atoms with van der Waals surface area (Å²) in [5.41, 5.74) is 12.8. The largest absolute Gasteiger partial charge is 0.390 e. The summed E-state index contributed by atoms with van der Waals surface area (Å²) >= 11 is 13.3. The second-order valence-corrected chi connectivity index (χ2v) is 25.9. The number of aryl methyl sites for hydroxylation is 1. The van der Waals surface area contributed by atoms with Crippen LogP contribution < -0.4 is 21.3 Å². The number of hydrogen-bond donors (Lipinski definition) is 7. The van der Waals surface area contributed by atoms with E-state index < -0.39 is 5.60 Å². The topological polar surface area (TPSA) is 194 Å². The first-order valence-electron chi connectivity index (χ1n) is 33.1. The third-order valence-electron chi connectivity index (χ3n) is 17.9. The Morgan fingerprint density at radius 1 is 0.889 bits per heavy atom. The SMILES string of the molecule is C=C(CCCCCOCCOCCCCCCCCC(=C)NCCn1ccc(-c2cc(Cl)c(Cl)c3[nH]c4c(c23)CN(C(=C)CO)CC4)n1)NCCCNCc1ccc(-c2c(NC=NC)c(CC3(O)CCN(C(=O)CC(C)C4=CCC(C)C=C4)CC3)nn2C)cc1. The van der Waals surface area contributed by atoms with E-state index in [1.807, 2.05) is 39.6 Å². The second-order valence-electron chi connectivity index (χ2n) is 25.1. The lowest BCUT2D eigenvalue weighted by Gasteiger charge is -2.38. The Kier molecular flexibility index (Phi) is 27.6. The van der Waals surface area contributed by atoms with Crippen LogP contribution in [0.5, 0.6) is 0 Å². The molecule has 1 aliphatic carbocycles. The smallest absolute Gasteiger partial charge is 0.223 e. The number of H-pyrrole nitrogens is 1. The minimum atomic E-state index is -0.964. The molecule has 19 heteroatoms. The van der Waals surface area contributed by atoms with Gasteiger partial charge in [-0.1, -0.05) is 131 Å². The number of piperidine rings is 1. The van der Waals surface area contributed by atoms with Crippen molar-refractivity contribution in [1.29, 1.82) is 0 Å². The molecule has 1 amide bonds. The monoisotopic (exact) mass is 1270 g/mol. The number of aliphatic imine (C=N–C) groups is 1. The number of carbonyl (C=O) groups is 1. The predicted octanol–water partition coefficient (Wildman–Crippen LogP) is 12.8. The zero-order chi connectivity index (χ0) is 63.8. The van der Waals surface area contributed by atoms with Crippen molar-refractivity contribution in [3.05, 3.63) is 136 Å². The number of halogens is 2. The highest BCUT2D eigenvalue weighted by molar-refractivity contribution is 6.45. The van der Waals surface area contributed by atoms with E-state index in [0.717, 1.165) is 178 Å². The number of aromatic amines is 1. The van der Waals surface area contributed by atoms with Crippen LogP contribution in [0.15, 0.2) is 108 Å². The van der Waals surface area contributed by atoms with Gasteiger partial charge in [-0.25, -0.2) is 0 Å². The fourth-order valence-electron chi connectivity index (χ4n) is 12.4. The number of aromatic nitrogens is 5. The molecule has 5 aromatic rings. The summed E-state index contributed by atoms with van der Waals surface area (Å²) in [7, 11) is 3.67. The first-order chi connectivity index (χ1) is 43.6. The molecular weight excluding hydrogens is 1170 g/mol. The number of fused-ring (bicyclic) bond motifs is 3. The van der Waals surface area contributed by atoms with Crippen molar-refractivity contribution in [2.75, 3.05) is 84.7 Å². The summed E-state index contributed by atoms with van der Waals surface area (Å²) in [6, 6.07) is 12.5. The highest BCUT2D eigenvalue weighted by atomic mass is 35.5. The van der Waals surface area contributed by atoms with Crippen molar-refractivity contribution < 1.29 is 24.5 Å². The third-order valence-corrected chi connectivity index (χ3v) is 18.7. The number of rotatable bonds is 40. The van der Waals surface area contributed by atoms with Crippen LogP contribution in [-0.2, 0) is 53.8 Å². The number of allylic oxidation sites excluding steroid dienone is 6. The molecule has 90 heavy (non-hydrogen) atoms. The summed E-state index contributed by atoms with van der Waals surface area (Å²) in [4.78, 5) is 25.1. The van der Waals surface area contributed by atoms with E-state index in [9.17, 15) is 15.0 Å². The highest BCUT2D eigenvalue weighted by Crippen LogP contribution is 2.43. The first-order valence-corrected chi connectivity index (χ1v) is 33.9. The van der Waals surface area contributed by atoms with Crippen LogP contribution in [0, 0.1) is 11.8 Å². The van der Waals surface area contributed by atoms with Gasteiger partial charge in [-0.15, -0.1) is 0 Å². The zero-order valence-corrected chi connectivity index (χ0v) is 55.8. The van der Waals surface area contributed by atoms with Crippen LogP contribution in [-0.4, -0.2) is 142 Å². The number of anilines is 1. The van der Waals surface area contributed by atoms with E-state index in [0.29, 0.717) is 86.7 Å². The van der Waals surface area contributed by atoms with Gasteiger partial charge in [0.25, 0.3) is 0 Å². The van der Waals surface area contributed by atoms with Gasteiger partial charge in [0.2, 0.25) is 5.91 Å². The lowest BCUT2D eigenvalue weighted by molar-refractivity contribution is -0.136. The number of unbranched alkanes of at least 4 members (excludes halogenated alkanes) is 7. The van der Waals surface area contributed by atoms with Gasteiger partial charge in [0, 0.05) is 143 Å². The van der Waals surface area contributed by atoms with Gasteiger partial charge in [-0.05, 0) is 106 Å². The lowest BCUT2D eigenvalue weighted by Crippen LogP contribution is -2.48. The molecular formula is C71H102Cl2N12O5. The molecule has 3 aliphatic rings. The Bertz CT molecular complexity index is 3230. The van der Waals surface area contributed by atoms with Gasteiger partial charge in [0.1, 0.15) is 0 Å². The van der Waals surface area contributed by atoms with Gasteiger partial charge < -0.3 is 55.7 Å². The van der Waals surface area contributed by atoms with E-state index in [2.05, 4.69) is 112 Å². The van der Waals surface area contributed by atoms with Crippen molar-refractivity contribution in [1.82, 2.24) is 50.3 Å². The maximum absolute atomic E-state index is 13.3. The highest BCUT2D eigenvalue weighted by Gasteiger charge is 2.37. The van der Waals surface area contributed by atoms with Crippen LogP contribution in [0.25, 0.3) is 33.4 Å². The van der Waals surface area contributed by atoms with E-state index in [-0.39, 0.29) is 18.4 Å². The third kappa shape index (κ3) is 20.4. The van der Waals surface area contributed by atoms with Crippen LogP contribution in [0.2, 0.25) is 10.0 Å². The fourth-order valence-corrected chi connectivity index (χ4v) is 12.8. The normalized spacial score (nSPS) is 16.0. The Morgan fingerprint density at radius 3 is 2.27 bits per heavy atom. The molecule has 1 saturated heterocycles. The van der Waals surface area contributed by atoms with Crippen molar-refractivity contribution in [3.63, 3.8) is 0 Å². The van der Waals surface area contributed by atoms with Gasteiger partial charge in [0.15, 0.2) is 0 Å². The lowest BCUT2D eigenvalue weighted by atomic mass is 9.85.